The fraction of sp³-hybridized carbons (Fsp3) is 0.176. The van der Waals surface area contributed by atoms with Crippen LogP contribution in [0.2, 0.25) is 0 Å². The number of anilines is 1. The maximum atomic E-state index is 14.2. The first-order valence-electron chi connectivity index (χ1n) is 14.1. The third-order valence-corrected chi connectivity index (χ3v) is 9.79. The van der Waals surface area contributed by atoms with Crippen LogP contribution in [0.4, 0.5) is 15.8 Å². The Bertz CT molecular complexity index is 1990. The summed E-state index contributed by atoms with van der Waals surface area (Å²) in [6.45, 7) is 1.22. The lowest BCUT2D eigenvalue weighted by molar-refractivity contribution is 0.0688. The number of esters is 1. The number of rotatable bonds is 6. The van der Waals surface area contributed by atoms with Crippen molar-refractivity contribution >= 4 is 44.9 Å². The number of fused-ring (bicyclic) bond motifs is 2. The van der Waals surface area contributed by atoms with Crippen LogP contribution >= 0.6 is 0 Å². The molecule has 0 radical (unpaired) electrons. The quantitative estimate of drug-likeness (QED) is 0.295. The summed E-state index contributed by atoms with van der Waals surface area (Å²) in [7, 11) is -3.97. The molecule has 3 aliphatic heterocycles. The van der Waals surface area contributed by atoms with Crippen molar-refractivity contribution in [1.82, 2.24) is 0 Å². The van der Waals surface area contributed by atoms with E-state index in [9.17, 15) is 17.6 Å². The number of aliphatic imine (C=N–C) groups is 1. The molecule has 1 fully saturated rings. The average molecular weight is 595 g/mol. The number of benzene rings is 4. The Morgan fingerprint density at radius 1 is 0.930 bits per heavy atom. The molecular weight excluding hydrogens is 567 g/mol. The smallest absolute Gasteiger partial charge is 0.343 e. The molecule has 0 aliphatic carbocycles. The van der Waals surface area contributed by atoms with Crippen molar-refractivity contribution < 1.29 is 27.1 Å². The van der Waals surface area contributed by atoms with E-state index in [4.69, 9.17) is 14.5 Å². The third kappa shape index (κ3) is 4.84. The van der Waals surface area contributed by atoms with E-state index >= 15 is 0 Å². The summed E-state index contributed by atoms with van der Waals surface area (Å²) in [4.78, 5) is 18.7. The molecule has 0 saturated carbocycles. The van der Waals surface area contributed by atoms with Gasteiger partial charge in [-0.05, 0) is 66.1 Å². The van der Waals surface area contributed by atoms with Gasteiger partial charge < -0.3 is 9.47 Å². The number of hydrogen-bond acceptors (Lipinski definition) is 6. The lowest BCUT2D eigenvalue weighted by Crippen LogP contribution is -2.33. The lowest BCUT2D eigenvalue weighted by atomic mass is 9.92. The number of hydrogen-bond donors (Lipinski definition) is 0. The van der Waals surface area contributed by atoms with E-state index in [2.05, 4.69) is 0 Å². The summed E-state index contributed by atoms with van der Waals surface area (Å²) >= 11 is 0. The van der Waals surface area contributed by atoms with Crippen LogP contribution in [0.25, 0.3) is 23.0 Å². The first kappa shape index (κ1) is 27.2. The van der Waals surface area contributed by atoms with Crippen molar-refractivity contribution in [2.24, 2.45) is 10.9 Å². The molecule has 0 atom stereocenters. The summed E-state index contributed by atoms with van der Waals surface area (Å²) in [5, 5.41) is 1.20. The largest absolute Gasteiger partial charge is 0.420 e. The zero-order chi connectivity index (χ0) is 29.6. The maximum absolute atomic E-state index is 14.2. The summed E-state index contributed by atoms with van der Waals surface area (Å²) in [6.07, 6.45) is 3.25. The van der Waals surface area contributed by atoms with E-state index in [1.807, 2.05) is 18.2 Å². The highest BCUT2D eigenvalue weighted by Crippen LogP contribution is 2.37. The van der Waals surface area contributed by atoms with Gasteiger partial charge in [0.15, 0.2) is 5.76 Å². The van der Waals surface area contributed by atoms with Gasteiger partial charge in [0.1, 0.15) is 5.82 Å². The van der Waals surface area contributed by atoms with Crippen LogP contribution in [0, 0.1) is 11.7 Å². The first-order valence-corrected chi connectivity index (χ1v) is 15.5. The Labute approximate surface area is 248 Å². The molecule has 3 heterocycles. The molecule has 0 amide bonds. The van der Waals surface area contributed by atoms with Gasteiger partial charge in [-0.2, -0.15) is 0 Å². The molecule has 0 spiro atoms. The lowest BCUT2D eigenvalue weighted by Gasteiger charge is -2.24. The Kier molecular flexibility index (Phi) is 6.91. The minimum Gasteiger partial charge on any atom is -0.420 e. The summed E-state index contributed by atoms with van der Waals surface area (Å²) in [6, 6.07) is 24.7. The Hall–Kier alpha value is -4.60. The van der Waals surface area contributed by atoms with E-state index < -0.39 is 21.8 Å². The number of sulfonamides is 1. The molecule has 43 heavy (non-hydrogen) atoms. The summed E-state index contributed by atoms with van der Waals surface area (Å²) in [5.41, 5.74) is 3.11. The minimum absolute atomic E-state index is 0.0243. The molecule has 3 aliphatic rings. The number of nitrogens with zero attached hydrogens (tertiary/aromatic N) is 2. The second-order valence-corrected chi connectivity index (χ2v) is 12.5. The van der Waals surface area contributed by atoms with Crippen LogP contribution in [-0.4, -0.2) is 39.9 Å². The molecule has 7 rings (SSSR count). The van der Waals surface area contributed by atoms with Crippen LogP contribution in [0.3, 0.4) is 0 Å². The van der Waals surface area contributed by atoms with Gasteiger partial charge in [0.05, 0.1) is 39.3 Å². The second kappa shape index (κ2) is 10.9. The van der Waals surface area contributed by atoms with Crippen LogP contribution in [0.5, 0.6) is 0 Å². The van der Waals surface area contributed by atoms with Gasteiger partial charge in [0.25, 0.3) is 10.0 Å². The Balaban J connectivity index is 1.51. The summed E-state index contributed by atoms with van der Waals surface area (Å²) < 4.78 is 55.3. The van der Waals surface area contributed by atoms with Crippen molar-refractivity contribution in [2.75, 3.05) is 24.1 Å². The second-order valence-electron chi connectivity index (χ2n) is 10.6. The molecular formula is C34H27FN2O5S. The Morgan fingerprint density at radius 3 is 2.30 bits per heavy atom. The normalized spacial score (nSPS) is 16.3. The van der Waals surface area contributed by atoms with Crippen molar-refractivity contribution in [3.8, 4) is 11.1 Å². The van der Waals surface area contributed by atoms with Gasteiger partial charge in [-0.1, -0.05) is 54.6 Å². The van der Waals surface area contributed by atoms with Crippen LogP contribution in [0.1, 0.15) is 23.2 Å². The van der Waals surface area contributed by atoms with Crippen molar-refractivity contribution in [2.45, 2.75) is 17.7 Å². The molecule has 9 heteroatoms. The zero-order valence-electron chi connectivity index (χ0n) is 23.1. The van der Waals surface area contributed by atoms with Crippen LogP contribution in [0.15, 0.2) is 101 Å². The topological polar surface area (TPSA) is 85.3 Å². The van der Waals surface area contributed by atoms with Gasteiger partial charge in [-0.25, -0.2) is 22.6 Å². The molecule has 0 aromatic heterocycles. The monoisotopic (exact) mass is 594 g/mol. The highest BCUT2D eigenvalue weighted by molar-refractivity contribution is 7.92. The fourth-order valence-corrected chi connectivity index (χ4v) is 7.38. The van der Waals surface area contributed by atoms with E-state index in [0.717, 1.165) is 0 Å². The molecule has 0 bridgehead atoms. The minimum atomic E-state index is -3.97. The predicted octanol–water partition coefficient (Wildman–Crippen LogP) is 4.96. The first-order chi connectivity index (χ1) is 20.9. The van der Waals surface area contributed by atoms with Gasteiger partial charge in [-0.3, -0.25) is 4.31 Å². The number of carbonyl (C=O) groups is 1. The number of halogens is 1. The Morgan fingerprint density at radius 2 is 1.60 bits per heavy atom. The number of carbonyl (C=O) groups excluding carboxylic acids is 1. The van der Waals surface area contributed by atoms with Crippen LogP contribution < -0.4 is 14.7 Å². The summed E-state index contributed by atoms with van der Waals surface area (Å²) in [5.74, 6) is -0.702. The highest BCUT2D eigenvalue weighted by Gasteiger charge is 2.36. The van der Waals surface area contributed by atoms with Gasteiger partial charge in [-0.15, -0.1) is 0 Å². The van der Waals surface area contributed by atoms with E-state index in [0.29, 0.717) is 76.0 Å². The molecule has 216 valence electrons. The third-order valence-electron chi connectivity index (χ3n) is 8.01. The van der Waals surface area contributed by atoms with Crippen LogP contribution in [-0.2, 0) is 19.5 Å². The molecule has 0 unspecified atom stereocenters. The van der Waals surface area contributed by atoms with Gasteiger partial charge >= 0.3 is 5.97 Å². The van der Waals surface area contributed by atoms with Crippen molar-refractivity contribution in [3.63, 3.8) is 0 Å². The molecule has 1 saturated heterocycles. The SMILES string of the molecule is O=C(OC1=c2c(cc3c(c2-c2ccc(F)cc2)N(S(=O)(=O)c2ccccc2)CC=3)N=C1C1CCOCC1)c1ccccc1. The number of ether oxygens (including phenoxy) is 2. The molecule has 4 aromatic rings. The van der Waals surface area contributed by atoms with Gasteiger partial charge in [0, 0.05) is 24.7 Å². The van der Waals surface area contributed by atoms with Gasteiger partial charge in [0.2, 0.25) is 0 Å². The van der Waals surface area contributed by atoms with E-state index in [1.165, 1.54) is 16.4 Å². The average Bonchev–Trinajstić information content (AvgIpc) is 3.64. The predicted molar refractivity (Wildman–Crippen MR) is 162 cm³/mol. The fourth-order valence-electron chi connectivity index (χ4n) is 5.91. The van der Waals surface area contributed by atoms with Crippen molar-refractivity contribution in [1.29, 1.82) is 0 Å². The van der Waals surface area contributed by atoms with Crippen molar-refractivity contribution in [3.05, 3.63) is 113 Å². The zero-order valence-corrected chi connectivity index (χ0v) is 23.9. The molecule has 0 N–H and O–H groups in total. The standard InChI is InChI=1S/C34H27FN2O5S/c35-26-13-11-22(12-14-26)29-30-28(21-25-15-18-37(32(25)29)43(39,40)27-9-5-2-6-10-27)36-31(23-16-19-41-20-17-23)33(30)42-34(38)24-7-3-1-4-8-24/h1-15,21,23H,16-20H2. The highest BCUT2D eigenvalue weighted by atomic mass is 32.2. The molecule has 4 aromatic carbocycles. The van der Waals surface area contributed by atoms with E-state index in [-0.39, 0.29) is 17.4 Å². The molecule has 7 nitrogen and oxygen atoms in total. The van der Waals surface area contributed by atoms with E-state index in [1.54, 1.807) is 66.7 Å². The maximum Gasteiger partial charge on any atom is 0.343 e.